The topological polar surface area (TPSA) is 114 Å². The van der Waals surface area contributed by atoms with Gasteiger partial charge in [0, 0.05) is 24.9 Å². The first kappa shape index (κ1) is 21.0. The highest BCUT2D eigenvalue weighted by Gasteiger charge is 2.20. The van der Waals surface area contributed by atoms with E-state index in [0.717, 1.165) is 5.56 Å². The molecule has 0 spiro atoms. The van der Waals surface area contributed by atoms with Crippen LogP contribution >= 0.6 is 0 Å². The van der Waals surface area contributed by atoms with Gasteiger partial charge in [-0.1, -0.05) is 36.4 Å². The molecule has 0 unspecified atom stereocenters. The number of nitrogens with zero attached hydrogens (tertiary/aromatic N) is 4. The number of aromatic amines is 1. The van der Waals surface area contributed by atoms with Crippen molar-refractivity contribution in [2.75, 3.05) is 0 Å². The second-order valence-electron chi connectivity index (χ2n) is 7.36. The number of aryl methyl sites for hydroxylation is 2. The first-order chi connectivity index (χ1) is 15.5. The number of nitrogens with one attached hydrogen (secondary N) is 2. The van der Waals surface area contributed by atoms with Gasteiger partial charge in [-0.25, -0.2) is 15.0 Å². The summed E-state index contributed by atoms with van der Waals surface area (Å²) >= 11 is 0. The Morgan fingerprint density at radius 2 is 1.81 bits per heavy atom. The van der Waals surface area contributed by atoms with E-state index < -0.39 is 6.04 Å². The third kappa shape index (κ3) is 4.92. The third-order valence-corrected chi connectivity index (χ3v) is 4.97. The fraction of sp³-hybridized carbons (Fsp3) is 0.167. The Kier molecular flexibility index (Phi) is 6.12. The molecule has 1 aromatic carbocycles. The average Bonchev–Trinajstić information content (AvgIpc) is 2.79. The molecule has 0 saturated heterocycles. The number of hydrogen-bond acceptors (Lipinski definition) is 6. The van der Waals surface area contributed by atoms with Gasteiger partial charge in [0.25, 0.3) is 11.5 Å². The highest BCUT2D eigenvalue weighted by molar-refractivity contribution is 5.95. The summed E-state index contributed by atoms with van der Waals surface area (Å²) < 4.78 is 0. The molecule has 0 bridgehead atoms. The van der Waals surface area contributed by atoms with Crippen LogP contribution in [0.5, 0.6) is 0 Å². The second-order valence-corrected chi connectivity index (χ2v) is 7.36. The molecule has 32 heavy (non-hydrogen) atoms. The summed E-state index contributed by atoms with van der Waals surface area (Å²) in [6.45, 7) is 3.55. The Bertz CT molecular complexity index is 1290. The number of aromatic nitrogens is 5. The van der Waals surface area contributed by atoms with Crippen LogP contribution in [0.4, 0.5) is 0 Å². The van der Waals surface area contributed by atoms with E-state index in [0.29, 0.717) is 40.7 Å². The summed E-state index contributed by atoms with van der Waals surface area (Å²) in [7, 11) is 0. The van der Waals surface area contributed by atoms with E-state index in [1.54, 1.807) is 32.2 Å². The van der Waals surface area contributed by atoms with Crippen LogP contribution in [0.15, 0.2) is 71.8 Å². The number of hydrogen-bond donors (Lipinski definition) is 2. The van der Waals surface area contributed by atoms with Crippen molar-refractivity contribution in [2.45, 2.75) is 26.3 Å². The zero-order valence-corrected chi connectivity index (χ0v) is 17.7. The van der Waals surface area contributed by atoms with Crippen LogP contribution < -0.4 is 10.9 Å². The van der Waals surface area contributed by atoms with E-state index in [9.17, 15) is 9.59 Å². The van der Waals surface area contributed by atoms with Crippen LogP contribution in [0.3, 0.4) is 0 Å². The number of carbonyl (C=O) groups is 1. The fourth-order valence-corrected chi connectivity index (χ4v) is 3.43. The van der Waals surface area contributed by atoms with Gasteiger partial charge >= 0.3 is 0 Å². The van der Waals surface area contributed by atoms with E-state index in [4.69, 9.17) is 0 Å². The summed E-state index contributed by atoms with van der Waals surface area (Å²) in [4.78, 5) is 45.3. The van der Waals surface area contributed by atoms with Crippen LogP contribution in [0.2, 0.25) is 0 Å². The molecule has 0 radical (unpaired) electrons. The Labute approximate surface area is 184 Å². The lowest BCUT2D eigenvalue weighted by Gasteiger charge is -2.20. The van der Waals surface area contributed by atoms with Gasteiger partial charge in [-0.2, -0.15) is 0 Å². The molecule has 3 heterocycles. The molecular weight excluding hydrogens is 404 g/mol. The summed E-state index contributed by atoms with van der Waals surface area (Å²) in [5.74, 6) is 0.702. The van der Waals surface area contributed by atoms with Gasteiger partial charge < -0.3 is 10.3 Å². The van der Waals surface area contributed by atoms with Crippen molar-refractivity contribution in [1.82, 2.24) is 30.2 Å². The molecule has 0 saturated carbocycles. The number of carbonyl (C=O) groups excluding carboxylic acids is 1. The molecule has 2 N–H and O–H groups in total. The van der Waals surface area contributed by atoms with Crippen LogP contribution in [0.1, 0.15) is 39.2 Å². The summed E-state index contributed by atoms with van der Waals surface area (Å²) in [6, 6.07) is 16.0. The highest BCUT2D eigenvalue weighted by Crippen LogP contribution is 2.19. The van der Waals surface area contributed by atoms with E-state index >= 15 is 0 Å². The predicted octanol–water partition coefficient (Wildman–Crippen LogP) is 2.95. The molecule has 0 aliphatic carbocycles. The lowest BCUT2D eigenvalue weighted by Crippen LogP contribution is -2.31. The van der Waals surface area contributed by atoms with Gasteiger partial charge in [0.2, 0.25) is 0 Å². The van der Waals surface area contributed by atoms with E-state index in [-0.39, 0.29) is 11.5 Å². The Hall–Kier alpha value is -4.20. The Morgan fingerprint density at radius 3 is 2.53 bits per heavy atom. The molecule has 0 fully saturated rings. The fourth-order valence-electron chi connectivity index (χ4n) is 3.43. The zero-order chi connectivity index (χ0) is 22.5. The van der Waals surface area contributed by atoms with Crippen LogP contribution in [0, 0.1) is 13.8 Å². The molecule has 3 aromatic heterocycles. The number of rotatable bonds is 6. The lowest BCUT2D eigenvalue weighted by molar-refractivity contribution is 0.0935. The van der Waals surface area contributed by atoms with Crippen molar-refractivity contribution in [2.24, 2.45) is 0 Å². The third-order valence-electron chi connectivity index (χ3n) is 4.97. The van der Waals surface area contributed by atoms with Gasteiger partial charge in [-0.15, -0.1) is 0 Å². The van der Waals surface area contributed by atoms with Crippen LogP contribution in [0.25, 0.3) is 11.5 Å². The highest BCUT2D eigenvalue weighted by atomic mass is 16.1. The van der Waals surface area contributed by atoms with Crippen LogP contribution in [-0.4, -0.2) is 30.8 Å². The first-order valence-electron chi connectivity index (χ1n) is 10.2. The minimum absolute atomic E-state index is 0.281. The van der Waals surface area contributed by atoms with Crippen LogP contribution in [-0.2, 0) is 6.42 Å². The SMILES string of the molecule is Cc1ncc(C(=O)N[C@@H](Cc2cc(=O)[nH]c(-c3ccccn3)n2)c2ccccc2)c(C)n1. The van der Waals surface area contributed by atoms with Gasteiger partial charge in [0.1, 0.15) is 11.5 Å². The van der Waals surface area contributed by atoms with Gasteiger partial charge in [-0.05, 0) is 31.5 Å². The molecule has 1 amide bonds. The van der Waals surface area contributed by atoms with Crippen molar-refractivity contribution in [3.63, 3.8) is 0 Å². The molecule has 160 valence electrons. The molecule has 4 aromatic rings. The van der Waals surface area contributed by atoms with Gasteiger partial charge in [0.05, 0.1) is 23.0 Å². The summed E-state index contributed by atoms with van der Waals surface area (Å²) in [5.41, 5.74) is 2.74. The molecular formula is C24H22N6O2. The normalized spacial score (nSPS) is 11.7. The number of amides is 1. The van der Waals surface area contributed by atoms with Crippen molar-refractivity contribution in [3.8, 4) is 11.5 Å². The maximum absolute atomic E-state index is 13.0. The second kappa shape index (κ2) is 9.30. The smallest absolute Gasteiger partial charge is 0.255 e. The Balaban J connectivity index is 1.66. The maximum atomic E-state index is 13.0. The number of pyridine rings is 1. The quantitative estimate of drug-likeness (QED) is 0.490. The number of benzene rings is 1. The average molecular weight is 426 g/mol. The molecule has 1 atom stereocenters. The van der Waals surface area contributed by atoms with Crippen molar-refractivity contribution < 1.29 is 4.79 Å². The standard InChI is InChI=1S/C24H22N6O2/c1-15-19(14-26-16(2)27-15)24(32)29-21(17-8-4-3-5-9-17)12-18-13-22(31)30-23(28-18)20-10-6-7-11-25-20/h3-11,13-14,21H,12H2,1-2H3,(H,29,32)(H,28,30,31)/t21-/m0/s1. The lowest BCUT2D eigenvalue weighted by atomic mass is 10.0. The summed E-state index contributed by atoms with van der Waals surface area (Å²) in [6.07, 6.45) is 3.49. The zero-order valence-electron chi connectivity index (χ0n) is 17.7. The molecule has 8 heteroatoms. The van der Waals surface area contributed by atoms with Crippen molar-refractivity contribution in [3.05, 3.63) is 106 Å². The molecule has 0 aliphatic rings. The first-order valence-corrected chi connectivity index (χ1v) is 10.2. The van der Waals surface area contributed by atoms with E-state index in [1.165, 1.54) is 12.3 Å². The largest absolute Gasteiger partial charge is 0.345 e. The molecule has 4 rings (SSSR count). The van der Waals surface area contributed by atoms with Crippen molar-refractivity contribution >= 4 is 5.91 Å². The number of H-pyrrole nitrogens is 1. The van der Waals surface area contributed by atoms with Gasteiger partial charge in [0.15, 0.2) is 5.82 Å². The Morgan fingerprint density at radius 1 is 1.03 bits per heavy atom. The van der Waals surface area contributed by atoms with Gasteiger partial charge in [-0.3, -0.25) is 14.6 Å². The maximum Gasteiger partial charge on any atom is 0.255 e. The minimum atomic E-state index is -0.407. The minimum Gasteiger partial charge on any atom is -0.345 e. The molecule has 8 nitrogen and oxygen atoms in total. The predicted molar refractivity (Wildman–Crippen MR) is 120 cm³/mol. The van der Waals surface area contributed by atoms with E-state index in [2.05, 4.69) is 30.2 Å². The summed E-state index contributed by atoms with van der Waals surface area (Å²) in [5, 5.41) is 3.05. The molecule has 0 aliphatic heterocycles. The van der Waals surface area contributed by atoms with Crippen molar-refractivity contribution in [1.29, 1.82) is 0 Å². The monoisotopic (exact) mass is 426 g/mol. The van der Waals surface area contributed by atoms with E-state index in [1.807, 2.05) is 36.4 Å².